The lowest BCUT2D eigenvalue weighted by Crippen LogP contribution is -2.65. The molecule has 0 aromatic rings. The number of amides is 5. The van der Waals surface area contributed by atoms with Gasteiger partial charge in [-0.05, 0) is 62.7 Å². The summed E-state index contributed by atoms with van der Waals surface area (Å²) in [4.78, 5) is 67.4. The van der Waals surface area contributed by atoms with Gasteiger partial charge in [0, 0.05) is 6.54 Å². The van der Waals surface area contributed by atoms with Crippen LogP contribution in [0.4, 0.5) is 4.79 Å². The maximum absolute atomic E-state index is 14.3. The lowest BCUT2D eigenvalue weighted by Gasteiger charge is -2.43. The molecule has 252 valence electrons. The van der Waals surface area contributed by atoms with E-state index in [4.69, 9.17) is 5.73 Å². The average Bonchev–Trinajstić information content (AvgIpc) is 3.51. The Morgan fingerprint density at radius 2 is 1.64 bits per heavy atom. The van der Waals surface area contributed by atoms with E-state index in [1.54, 1.807) is 0 Å². The summed E-state index contributed by atoms with van der Waals surface area (Å²) in [5.41, 5.74) is 4.39. The first-order chi connectivity index (χ1) is 20.9. The number of hydrogen-bond acceptors (Lipinski definition) is 7. The molecule has 2 unspecified atom stereocenters. The van der Waals surface area contributed by atoms with Gasteiger partial charge in [0.05, 0.1) is 22.6 Å². The fraction of sp³-hybridized carbons (Fsp3) is 0.781. The quantitative estimate of drug-likeness (QED) is 0.195. The van der Waals surface area contributed by atoms with E-state index in [-0.39, 0.29) is 30.6 Å². The SMILES string of the molecule is C=C(C)[C@@H]1C[C@@H](C(=O)NC(CC2CC2)C(=O)C(N)=O)N(C(=O)[C@@H](NC(=O)NC2(C3CCCS3(=O)=O)CCCCC2)C(C)(C)C)C1. The summed E-state index contributed by atoms with van der Waals surface area (Å²) < 4.78 is 26.0. The van der Waals surface area contributed by atoms with Gasteiger partial charge in [-0.25, -0.2) is 13.2 Å². The van der Waals surface area contributed by atoms with E-state index in [0.29, 0.717) is 32.1 Å². The lowest BCUT2D eigenvalue weighted by molar-refractivity contribution is -0.143. The number of likely N-dealkylation sites (tertiary alicyclic amines) is 1. The Kier molecular flexibility index (Phi) is 10.4. The van der Waals surface area contributed by atoms with Gasteiger partial charge in [-0.2, -0.15) is 0 Å². The summed E-state index contributed by atoms with van der Waals surface area (Å²) >= 11 is 0. The second-order valence-electron chi connectivity index (χ2n) is 14.9. The van der Waals surface area contributed by atoms with E-state index >= 15 is 0 Å². The molecule has 12 nitrogen and oxygen atoms in total. The first-order valence-corrected chi connectivity index (χ1v) is 18.1. The molecule has 2 saturated heterocycles. The number of Topliss-reactive ketones (excluding diaryl/α,β-unsaturated/α-hetero) is 1. The number of carbonyl (C=O) groups is 5. The van der Waals surface area contributed by atoms with Crippen LogP contribution in [-0.2, 0) is 29.0 Å². The van der Waals surface area contributed by atoms with Gasteiger partial charge in [0.25, 0.3) is 5.91 Å². The van der Waals surface area contributed by atoms with E-state index in [0.717, 1.165) is 37.7 Å². The zero-order valence-electron chi connectivity index (χ0n) is 27.2. The topological polar surface area (TPSA) is 185 Å². The number of urea groups is 1. The molecule has 5 atom stereocenters. The summed E-state index contributed by atoms with van der Waals surface area (Å²) in [6.07, 6.45) is 7.14. The van der Waals surface area contributed by atoms with E-state index in [1.165, 1.54) is 4.90 Å². The summed E-state index contributed by atoms with van der Waals surface area (Å²) in [5.74, 6) is -2.86. The monoisotopic (exact) mass is 649 g/mol. The molecule has 2 heterocycles. The molecule has 0 aromatic heterocycles. The number of carbonyl (C=O) groups excluding carboxylic acids is 5. The molecule has 5 N–H and O–H groups in total. The van der Waals surface area contributed by atoms with E-state index in [2.05, 4.69) is 22.5 Å². The molecule has 2 aliphatic carbocycles. The van der Waals surface area contributed by atoms with Gasteiger partial charge >= 0.3 is 6.03 Å². The van der Waals surface area contributed by atoms with Crippen molar-refractivity contribution in [2.75, 3.05) is 12.3 Å². The minimum atomic E-state index is -3.36. The van der Waals surface area contributed by atoms with Crippen molar-refractivity contribution in [1.82, 2.24) is 20.9 Å². The summed E-state index contributed by atoms with van der Waals surface area (Å²) in [6.45, 7) is 11.5. The van der Waals surface area contributed by atoms with Gasteiger partial charge in [0.1, 0.15) is 12.1 Å². The first-order valence-electron chi connectivity index (χ1n) is 16.4. The van der Waals surface area contributed by atoms with Crippen LogP contribution in [-0.4, -0.2) is 84.1 Å². The Morgan fingerprint density at radius 3 is 2.16 bits per heavy atom. The van der Waals surface area contributed by atoms with E-state index < -0.39 is 73.7 Å². The Labute approximate surface area is 267 Å². The van der Waals surface area contributed by atoms with Crippen molar-refractivity contribution in [3.63, 3.8) is 0 Å². The number of nitrogens with one attached hydrogen (secondary N) is 3. The maximum atomic E-state index is 14.3. The Bertz CT molecular complexity index is 1310. The lowest BCUT2D eigenvalue weighted by atomic mass is 9.78. The summed E-state index contributed by atoms with van der Waals surface area (Å²) in [6, 6.07) is -3.68. The first kappa shape index (κ1) is 34.9. The molecular weight excluding hydrogens is 598 g/mol. The van der Waals surface area contributed by atoms with Crippen LogP contribution in [0.25, 0.3) is 0 Å². The van der Waals surface area contributed by atoms with Crippen LogP contribution in [0.5, 0.6) is 0 Å². The van der Waals surface area contributed by atoms with Gasteiger partial charge in [-0.15, -0.1) is 0 Å². The number of rotatable bonds is 11. The normalized spacial score (nSPS) is 27.2. The maximum Gasteiger partial charge on any atom is 0.315 e. The smallest absolute Gasteiger partial charge is 0.315 e. The summed E-state index contributed by atoms with van der Waals surface area (Å²) in [5, 5.41) is 7.95. The van der Waals surface area contributed by atoms with Gasteiger partial charge < -0.3 is 26.6 Å². The highest BCUT2D eigenvalue weighted by Gasteiger charge is 2.51. The van der Waals surface area contributed by atoms with Gasteiger partial charge in [0.2, 0.25) is 17.6 Å². The zero-order chi connectivity index (χ0) is 33.3. The third kappa shape index (κ3) is 8.07. The van der Waals surface area contributed by atoms with Crippen molar-refractivity contribution in [3.8, 4) is 0 Å². The minimum absolute atomic E-state index is 0.112. The van der Waals surface area contributed by atoms with Crippen molar-refractivity contribution >= 4 is 39.4 Å². The second kappa shape index (κ2) is 13.4. The average molecular weight is 650 g/mol. The number of nitrogens with two attached hydrogens (primary N) is 1. The molecule has 2 aliphatic heterocycles. The molecule has 4 fully saturated rings. The largest absolute Gasteiger partial charge is 0.363 e. The molecular formula is C32H51N5O7S. The van der Waals surface area contributed by atoms with Gasteiger partial charge in [-0.3, -0.25) is 19.2 Å². The highest BCUT2D eigenvalue weighted by Crippen LogP contribution is 2.40. The van der Waals surface area contributed by atoms with Crippen LogP contribution in [0.1, 0.15) is 98.3 Å². The Balaban J connectivity index is 1.55. The van der Waals surface area contributed by atoms with Crippen LogP contribution in [0, 0.1) is 17.3 Å². The molecule has 0 spiro atoms. The number of sulfone groups is 1. The predicted octanol–water partition coefficient (Wildman–Crippen LogP) is 2.11. The van der Waals surface area contributed by atoms with E-state index in [1.807, 2.05) is 27.7 Å². The van der Waals surface area contributed by atoms with Crippen molar-refractivity contribution in [1.29, 1.82) is 0 Å². The Hall–Kier alpha value is -2.96. The third-order valence-corrected chi connectivity index (χ3v) is 12.6. The highest BCUT2D eigenvalue weighted by molar-refractivity contribution is 7.92. The molecule has 0 radical (unpaired) electrons. The molecule has 0 aromatic carbocycles. The standard InChI is InChI=1S/C32H51N5O7S/c1-19(2)21-17-23(28(40)34-22(16-20-11-12-20)25(38)27(33)39)37(18-21)29(41)26(31(3,4)5)35-30(42)36-32(13-7-6-8-14-32)24-10-9-15-45(24,43)44/h20-24,26H,1,6-18H2,2-5H3,(H2,33,39)(H,34,40)(H2,35,36,42)/t21-,22?,23+,24?,26-/m1/s1. The van der Waals surface area contributed by atoms with Crippen LogP contribution < -0.4 is 21.7 Å². The highest BCUT2D eigenvalue weighted by atomic mass is 32.2. The van der Waals surface area contributed by atoms with Crippen molar-refractivity contribution in [2.24, 2.45) is 23.0 Å². The van der Waals surface area contributed by atoms with Crippen LogP contribution >= 0.6 is 0 Å². The molecule has 4 rings (SSSR count). The summed E-state index contributed by atoms with van der Waals surface area (Å²) in [7, 11) is -3.36. The third-order valence-electron chi connectivity index (χ3n) is 10.2. The second-order valence-corrected chi connectivity index (χ2v) is 17.2. The minimum Gasteiger partial charge on any atom is -0.363 e. The van der Waals surface area contributed by atoms with E-state index in [9.17, 15) is 32.4 Å². The predicted molar refractivity (Wildman–Crippen MR) is 169 cm³/mol. The molecule has 2 saturated carbocycles. The number of hydrogen-bond donors (Lipinski definition) is 4. The molecule has 13 heteroatoms. The number of ketones is 1. The molecule has 0 bridgehead atoms. The van der Waals surface area contributed by atoms with Gasteiger partial charge in [0.15, 0.2) is 9.84 Å². The Morgan fingerprint density at radius 1 is 1.00 bits per heavy atom. The fourth-order valence-electron chi connectivity index (χ4n) is 7.37. The van der Waals surface area contributed by atoms with Gasteiger partial charge in [-0.1, -0.05) is 65.0 Å². The number of nitrogens with zero attached hydrogens (tertiary/aromatic N) is 1. The van der Waals surface area contributed by atoms with Crippen molar-refractivity contribution in [2.45, 2.75) is 127 Å². The van der Waals surface area contributed by atoms with Crippen LogP contribution in [0.3, 0.4) is 0 Å². The molecule has 4 aliphatic rings. The number of primary amides is 1. The molecule has 5 amide bonds. The van der Waals surface area contributed by atoms with Crippen molar-refractivity contribution < 1.29 is 32.4 Å². The van der Waals surface area contributed by atoms with Crippen LogP contribution in [0.2, 0.25) is 0 Å². The fourth-order valence-corrected chi connectivity index (χ4v) is 9.73. The van der Waals surface area contributed by atoms with Crippen LogP contribution in [0.15, 0.2) is 12.2 Å². The van der Waals surface area contributed by atoms with Crippen molar-refractivity contribution in [3.05, 3.63) is 12.2 Å². The zero-order valence-corrected chi connectivity index (χ0v) is 28.0. The molecule has 45 heavy (non-hydrogen) atoms.